The van der Waals surface area contributed by atoms with Gasteiger partial charge in [-0.05, 0) is 51.4 Å². The number of hydrogen-bond acceptors (Lipinski definition) is 8. The molecule has 1 aliphatic heterocycles. The van der Waals surface area contributed by atoms with Crippen LogP contribution in [0.5, 0.6) is 0 Å². The average molecular weight is 656 g/mol. The van der Waals surface area contributed by atoms with Crippen molar-refractivity contribution < 1.29 is 37.1 Å². The average Bonchev–Trinajstić information content (AvgIpc) is 2.99. The van der Waals surface area contributed by atoms with Crippen molar-refractivity contribution in [3.63, 3.8) is 0 Å². The van der Waals surface area contributed by atoms with Crippen molar-refractivity contribution in [1.29, 1.82) is 0 Å². The predicted octanol–water partition coefficient (Wildman–Crippen LogP) is 1.61. The summed E-state index contributed by atoms with van der Waals surface area (Å²) >= 11 is 0. The summed E-state index contributed by atoms with van der Waals surface area (Å²) in [6, 6.07) is -1.39. The number of sulfone groups is 1. The lowest BCUT2D eigenvalue weighted by Crippen LogP contribution is -2.61. The number of rotatable bonds is 17. The number of likely N-dealkylation sites (N-methyl/N-ethyl adjacent to an activating group) is 1. The number of amides is 5. The van der Waals surface area contributed by atoms with E-state index in [-0.39, 0.29) is 36.5 Å². The third-order valence-electron chi connectivity index (χ3n) is 8.81. The first-order valence-corrected chi connectivity index (χ1v) is 17.6. The SMILES string of the molecule is C=CCNC(=O)C(=O)CNC(=O)CCCCN(C)C(=O)C(NC(=O)NC1(CS(=O)(=O)C2(C)CCOCC2)CCCCC1)C(C)C. The second kappa shape index (κ2) is 17.6. The maximum absolute atomic E-state index is 13.6. The topological polar surface area (TPSA) is 180 Å². The largest absolute Gasteiger partial charge is 0.381 e. The molecule has 0 spiro atoms. The van der Waals surface area contributed by atoms with Crippen LogP contribution in [-0.4, -0.2) is 105 Å². The Labute approximate surface area is 267 Å². The van der Waals surface area contributed by atoms with E-state index in [9.17, 15) is 32.4 Å². The highest BCUT2D eigenvalue weighted by Gasteiger charge is 2.47. The van der Waals surface area contributed by atoms with Gasteiger partial charge in [0.15, 0.2) is 9.84 Å². The smallest absolute Gasteiger partial charge is 0.315 e. The molecule has 1 atom stereocenters. The zero-order chi connectivity index (χ0) is 33.7. The normalized spacial score (nSPS) is 18.2. The lowest BCUT2D eigenvalue weighted by atomic mass is 9.83. The molecular weight excluding hydrogens is 602 g/mol. The van der Waals surface area contributed by atoms with Gasteiger partial charge in [0.2, 0.25) is 17.6 Å². The molecule has 1 saturated heterocycles. The third kappa shape index (κ3) is 11.7. The molecule has 0 aromatic heterocycles. The first-order valence-electron chi connectivity index (χ1n) is 16.0. The van der Waals surface area contributed by atoms with E-state index in [1.165, 1.54) is 11.0 Å². The molecule has 5 amide bonds. The molecule has 0 aromatic carbocycles. The molecule has 13 nitrogen and oxygen atoms in total. The van der Waals surface area contributed by atoms with Crippen molar-refractivity contribution in [2.45, 2.75) is 101 Å². The minimum Gasteiger partial charge on any atom is -0.381 e. The Morgan fingerprint density at radius 2 is 1.62 bits per heavy atom. The standard InChI is InChI=1S/C31H53N5O8S/c1-6-17-32-27(39)24(37)21-33-25(38)12-8-11-18-36(5)28(40)26(23(2)3)34-29(41)35-31(13-9-7-10-14-31)22-45(42,43)30(4)15-19-44-20-16-30/h6,23,26H,1,7-22H2,2-5H3,(H,32,39)(H,33,38)(H2,34,35,41). The highest BCUT2D eigenvalue weighted by atomic mass is 32.2. The molecule has 0 bridgehead atoms. The summed E-state index contributed by atoms with van der Waals surface area (Å²) in [6.07, 6.45) is 7.06. The summed E-state index contributed by atoms with van der Waals surface area (Å²) < 4.78 is 31.8. The van der Waals surface area contributed by atoms with Crippen molar-refractivity contribution in [3.8, 4) is 0 Å². The van der Waals surface area contributed by atoms with E-state index in [2.05, 4.69) is 27.8 Å². The fourth-order valence-electron chi connectivity index (χ4n) is 5.71. The van der Waals surface area contributed by atoms with Gasteiger partial charge in [0.25, 0.3) is 5.91 Å². The van der Waals surface area contributed by atoms with E-state index in [0.717, 1.165) is 19.3 Å². The van der Waals surface area contributed by atoms with E-state index in [0.29, 0.717) is 58.3 Å². The van der Waals surface area contributed by atoms with Crippen LogP contribution < -0.4 is 21.3 Å². The third-order valence-corrected chi connectivity index (χ3v) is 11.6. The molecule has 0 aromatic rings. The second-order valence-electron chi connectivity index (χ2n) is 12.9. The lowest BCUT2D eigenvalue weighted by Gasteiger charge is -2.42. The maximum Gasteiger partial charge on any atom is 0.315 e. The Morgan fingerprint density at radius 1 is 0.978 bits per heavy atom. The highest BCUT2D eigenvalue weighted by Crippen LogP contribution is 2.36. The number of carbonyl (C=O) groups excluding carboxylic acids is 5. The molecule has 256 valence electrons. The molecule has 14 heteroatoms. The van der Waals surface area contributed by atoms with E-state index < -0.39 is 50.4 Å². The van der Waals surface area contributed by atoms with E-state index >= 15 is 0 Å². The van der Waals surface area contributed by atoms with Crippen LogP contribution in [0.4, 0.5) is 4.79 Å². The van der Waals surface area contributed by atoms with Gasteiger partial charge < -0.3 is 30.9 Å². The lowest BCUT2D eigenvalue weighted by molar-refractivity contribution is -0.137. The number of ketones is 1. The fourth-order valence-corrected chi connectivity index (χ4v) is 7.94. The van der Waals surface area contributed by atoms with Crippen molar-refractivity contribution in [1.82, 2.24) is 26.2 Å². The number of nitrogens with zero attached hydrogens (tertiary/aromatic N) is 1. The number of nitrogens with one attached hydrogen (secondary N) is 4. The minimum absolute atomic E-state index is 0.120. The minimum atomic E-state index is -3.56. The Bertz CT molecular complexity index is 1160. The first-order chi connectivity index (χ1) is 21.2. The zero-order valence-corrected chi connectivity index (χ0v) is 28.2. The summed E-state index contributed by atoms with van der Waals surface area (Å²) in [5.74, 6) is -2.59. The monoisotopic (exact) mass is 655 g/mol. The van der Waals surface area contributed by atoms with Gasteiger partial charge in [-0.3, -0.25) is 19.2 Å². The van der Waals surface area contributed by atoms with Crippen LogP contribution in [0.25, 0.3) is 0 Å². The maximum atomic E-state index is 13.6. The summed E-state index contributed by atoms with van der Waals surface area (Å²) in [5.41, 5.74) is -0.903. The molecule has 2 aliphatic rings. The Balaban J connectivity index is 1.90. The number of unbranched alkanes of at least 4 members (excludes halogenated alkanes) is 1. The van der Waals surface area contributed by atoms with Gasteiger partial charge in [0, 0.05) is 39.8 Å². The molecule has 1 unspecified atom stereocenters. The molecule has 4 N–H and O–H groups in total. The van der Waals surface area contributed by atoms with Crippen molar-refractivity contribution in [2.24, 2.45) is 5.92 Å². The van der Waals surface area contributed by atoms with Crippen LogP contribution in [0.3, 0.4) is 0 Å². The molecule has 2 fully saturated rings. The van der Waals surface area contributed by atoms with E-state index in [1.807, 2.05) is 13.8 Å². The second-order valence-corrected chi connectivity index (χ2v) is 15.4. The molecule has 1 heterocycles. The summed E-state index contributed by atoms with van der Waals surface area (Å²) in [6.45, 7) is 9.76. The fraction of sp³-hybridized carbons (Fsp3) is 0.774. The van der Waals surface area contributed by atoms with Crippen LogP contribution in [0, 0.1) is 5.92 Å². The van der Waals surface area contributed by atoms with E-state index in [4.69, 9.17) is 4.74 Å². The number of urea groups is 1. The highest BCUT2D eigenvalue weighted by molar-refractivity contribution is 7.92. The number of ether oxygens (including phenoxy) is 1. The molecule has 1 saturated carbocycles. The molecule has 2 rings (SSSR count). The molecule has 45 heavy (non-hydrogen) atoms. The van der Waals surface area contributed by atoms with Gasteiger partial charge in [0.05, 0.1) is 22.6 Å². The summed E-state index contributed by atoms with van der Waals surface area (Å²) in [5, 5.41) is 10.6. The number of hydrogen-bond donors (Lipinski definition) is 4. The van der Waals surface area contributed by atoms with Gasteiger partial charge in [-0.2, -0.15) is 0 Å². The first kappa shape index (κ1) is 38.2. The van der Waals surface area contributed by atoms with Crippen molar-refractivity contribution in [2.75, 3.05) is 45.6 Å². The van der Waals surface area contributed by atoms with Gasteiger partial charge in [-0.1, -0.05) is 39.2 Å². The molecule has 1 aliphatic carbocycles. The Morgan fingerprint density at radius 3 is 2.22 bits per heavy atom. The summed E-state index contributed by atoms with van der Waals surface area (Å²) in [7, 11) is -1.93. The van der Waals surface area contributed by atoms with Crippen LogP contribution in [-0.2, 0) is 33.8 Å². The van der Waals surface area contributed by atoms with E-state index in [1.54, 1.807) is 14.0 Å². The number of Topliss-reactive ketones (excluding diaryl/α,β-unsaturated/α-hetero) is 1. The van der Waals surface area contributed by atoms with Crippen LogP contribution in [0.2, 0.25) is 0 Å². The van der Waals surface area contributed by atoms with Gasteiger partial charge >= 0.3 is 6.03 Å². The van der Waals surface area contributed by atoms with Gasteiger partial charge in [-0.15, -0.1) is 6.58 Å². The van der Waals surface area contributed by atoms with Crippen LogP contribution >= 0.6 is 0 Å². The Kier molecular flexibility index (Phi) is 15.0. The van der Waals surface area contributed by atoms with Crippen molar-refractivity contribution >= 4 is 39.4 Å². The zero-order valence-electron chi connectivity index (χ0n) is 27.4. The summed E-state index contributed by atoms with van der Waals surface area (Å²) in [4.78, 5) is 63.6. The van der Waals surface area contributed by atoms with Gasteiger partial charge in [-0.25, -0.2) is 13.2 Å². The van der Waals surface area contributed by atoms with Crippen LogP contribution in [0.15, 0.2) is 12.7 Å². The van der Waals surface area contributed by atoms with Crippen molar-refractivity contribution in [3.05, 3.63) is 12.7 Å². The Hall–Kier alpha value is -3.00. The number of carbonyl (C=O) groups is 5. The quantitative estimate of drug-likeness (QED) is 0.104. The van der Waals surface area contributed by atoms with Gasteiger partial charge in [0.1, 0.15) is 6.04 Å². The predicted molar refractivity (Wildman–Crippen MR) is 171 cm³/mol. The van der Waals surface area contributed by atoms with Crippen LogP contribution in [0.1, 0.15) is 85.0 Å². The molecular formula is C31H53N5O8S. The molecule has 0 radical (unpaired) electrons.